The molecule has 5 rings (SSSR count). The molecule has 0 aliphatic rings. The summed E-state index contributed by atoms with van der Waals surface area (Å²) in [4.78, 5) is 33.9. The monoisotopic (exact) mass is 859 g/mol. The maximum atomic E-state index is 12.3. The highest BCUT2D eigenvalue weighted by Gasteiger charge is 2.21. The molecular formula is C31H25N9O13S4. The summed E-state index contributed by atoms with van der Waals surface area (Å²) in [5, 5.41) is 47.2. The number of carbonyl (C=O) groups is 2. The first kappa shape index (κ1) is 41.6. The number of hydrogen-bond donors (Lipinski definition) is 9. The number of aromatic hydroxyl groups is 1. The fourth-order valence-corrected chi connectivity index (χ4v) is 6.47. The zero-order valence-electron chi connectivity index (χ0n) is 28.1. The maximum Gasteiger partial charge on any atom is 0.337 e. The molecule has 1 aromatic heterocycles. The molecule has 0 amide bonds. The molecule has 0 unspecified atom stereocenters. The first-order chi connectivity index (χ1) is 26.9. The van der Waals surface area contributed by atoms with Crippen molar-refractivity contribution in [1.82, 2.24) is 15.0 Å². The number of aromatic carboxylic acids is 1. The Morgan fingerprint density at radius 3 is 2.09 bits per heavy atom. The molecule has 0 atom stereocenters. The van der Waals surface area contributed by atoms with Gasteiger partial charge in [-0.3, -0.25) is 19.3 Å². The molecule has 8 N–H and O–H groups in total. The number of aromatic nitrogens is 3. The standard InChI is InChI=1S/C31H25N9O13S4/c41-25(42)15-54-31-35-29(32-17-7-4-8-18(11-17)55(46)47)34-30(36-31)33-23-13-20(57(51,52)53)14-24(26(23)43)38-40-27(16-5-2-1-3-6-16)39-37-22-10-9-19(56(48,49)50)12-21(22)28(44)45/h1-14,37,43,55H,15H2,(H,41,42)(H,44,45)(H,48,49,50)(H,51,52,53)(H2,32,33,34,35,36)/b39-27-,40-38+. The lowest BCUT2D eigenvalue weighted by atomic mass is 10.2. The van der Waals surface area contributed by atoms with E-state index in [4.69, 9.17) is 0 Å². The van der Waals surface area contributed by atoms with Crippen molar-refractivity contribution in [3.8, 4) is 5.75 Å². The minimum absolute atomic E-state index is 0.0490. The molecule has 26 heteroatoms. The number of thioether (sulfide) groups is 1. The molecule has 0 saturated heterocycles. The normalized spacial score (nSPS) is 12.1. The van der Waals surface area contributed by atoms with Crippen molar-refractivity contribution in [1.29, 1.82) is 0 Å². The van der Waals surface area contributed by atoms with Crippen LogP contribution < -0.4 is 16.1 Å². The van der Waals surface area contributed by atoms with E-state index in [-0.39, 0.29) is 38.8 Å². The van der Waals surface area contributed by atoms with E-state index >= 15 is 0 Å². The molecule has 0 saturated carbocycles. The first-order valence-electron chi connectivity index (χ1n) is 15.3. The number of carboxylic acids is 2. The number of azo groups is 1. The number of aliphatic carboxylic acids is 1. The van der Waals surface area contributed by atoms with E-state index in [2.05, 4.69) is 46.3 Å². The summed E-state index contributed by atoms with van der Waals surface area (Å²) in [7, 11) is -12.7. The largest absolute Gasteiger partial charge is 0.504 e. The second-order valence-corrected chi connectivity index (χ2v) is 15.7. The minimum atomic E-state index is -5.00. The predicted molar refractivity (Wildman–Crippen MR) is 202 cm³/mol. The average Bonchev–Trinajstić information content (AvgIpc) is 3.14. The Hall–Kier alpha value is -6.58. The van der Waals surface area contributed by atoms with Crippen molar-refractivity contribution in [2.24, 2.45) is 15.3 Å². The van der Waals surface area contributed by atoms with Gasteiger partial charge in [0.1, 0.15) is 5.69 Å². The summed E-state index contributed by atoms with van der Waals surface area (Å²) in [6, 6.07) is 17.4. The highest BCUT2D eigenvalue weighted by atomic mass is 32.2. The Bertz CT molecular complexity index is 2740. The van der Waals surface area contributed by atoms with Crippen molar-refractivity contribution in [2.75, 3.05) is 21.8 Å². The number of hydrazone groups is 1. The van der Waals surface area contributed by atoms with E-state index in [1.54, 1.807) is 18.2 Å². The van der Waals surface area contributed by atoms with Crippen LogP contribution in [0, 0.1) is 0 Å². The van der Waals surface area contributed by atoms with Gasteiger partial charge in [0.25, 0.3) is 20.2 Å². The lowest BCUT2D eigenvalue weighted by Crippen LogP contribution is -2.08. The Labute approximate surface area is 326 Å². The van der Waals surface area contributed by atoms with Crippen LogP contribution in [0.2, 0.25) is 0 Å². The van der Waals surface area contributed by atoms with Crippen LogP contribution in [-0.4, -0.2) is 88.2 Å². The topological polar surface area (TPSA) is 350 Å². The Balaban J connectivity index is 1.56. The van der Waals surface area contributed by atoms with Gasteiger partial charge in [0.15, 0.2) is 21.6 Å². The number of carboxylic acid groups (broad SMARTS) is 2. The number of phenolic OH excluding ortho intramolecular Hbond substituents is 1. The number of anilines is 5. The van der Waals surface area contributed by atoms with Gasteiger partial charge in [0.2, 0.25) is 17.7 Å². The molecule has 5 aromatic rings. The minimum Gasteiger partial charge on any atom is -0.504 e. The van der Waals surface area contributed by atoms with Crippen LogP contribution in [0.4, 0.5) is 34.6 Å². The predicted octanol–water partition coefficient (Wildman–Crippen LogP) is 3.96. The fourth-order valence-electron chi connectivity index (χ4n) is 4.42. The Morgan fingerprint density at radius 1 is 0.772 bits per heavy atom. The lowest BCUT2D eigenvalue weighted by molar-refractivity contribution is -0.133. The number of hydrogen-bond acceptors (Lipinski definition) is 18. The van der Waals surface area contributed by atoms with Gasteiger partial charge in [-0.2, -0.15) is 36.9 Å². The first-order valence-corrected chi connectivity index (χ1v) is 20.3. The summed E-state index contributed by atoms with van der Waals surface area (Å²) in [6.07, 6.45) is 0. The van der Waals surface area contributed by atoms with Crippen molar-refractivity contribution >= 4 is 95.1 Å². The van der Waals surface area contributed by atoms with Gasteiger partial charge in [-0.25, -0.2) is 13.2 Å². The van der Waals surface area contributed by atoms with E-state index in [1.807, 2.05) is 0 Å². The van der Waals surface area contributed by atoms with Crippen LogP contribution in [0.25, 0.3) is 0 Å². The van der Waals surface area contributed by atoms with Crippen LogP contribution in [0.15, 0.2) is 120 Å². The zero-order valence-corrected chi connectivity index (χ0v) is 31.5. The molecule has 4 aromatic carbocycles. The molecule has 0 aliphatic carbocycles. The molecule has 0 aliphatic heterocycles. The molecule has 57 heavy (non-hydrogen) atoms. The van der Waals surface area contributed by atoms with Crippen molar-refractivity contribution in [3.63, 3.8) is 0 Å². The van der Waals surface area contributed by atoms with Crippen LogP contribution in [0.1, 0.15) is 15.9 Å². The van der Waals surface area contributed by atoms with E-state index in [0.717, 1.165) is 24.3 Å². The highest BCUT2D eigenvalue weighted by molar-refractivity contribution is 7.99. The van der Waals surface area contributed by atoms with Gasteiger partial charge < -0.3 is 26.0 Å². The third-order valence-electron chi connectivity index (χ3n) is 6.95. The van der Waals surface area contributed by atoms with Gasteiger partial charge in [0, 0.05) is 11.3 Å². The van der Waals surface area contributed by atoms with Crippen molar-refractivity contribution < 1.29 is 59.3 Å². The van der Waals surface area contributed by atoms with Crippen LogP contribution in [-0.2, 0) is 35.7 Å². The van der Waals surface area contributed by atoms with E-state index < -0.39 is 87.1 Å². The summed E-state index contributed by atoms with van der Waals surface area (Å²) in [5.74, 6) is -5.04. The van der Waals surface area contributed by atoms with Crippen molar-refractivity contribution in [2.45, 2.75) is 19.8 Å². The molecule has 0 radical (unpaired) electrons. The van der Waals surface area contributed by atoms with Gasteiger partial charge >= 0.3 is 11.9 Å². The molecule has 0 bridgehead atoms. The summed E-state index contributed by atoms with van der Waals surface area (Å²) in [5.41, 5.74) is 0.955. The van der Waals surface area contributed by atoms with E-state index in [1.165, 1.54) is 36.4 Å². The zero-order chi connectivity index (χ0) is 41.5. The van der Waals surface area contributed by atoms with E-state index in [9.17, 15) is 59.3 Å². The smallest absolute Gasteiger partial charge is 0.337 e. The third kappa shape index (κ3) is 11.2. The van der Waals surface area contributed by atoms with Gasteiger partial charge in [-0.1, -0.05) is 48.2 Å². The number of phenols is 1. The van der Waals surface area contributed by atoms with Gasteiger partial charge in [-0.05, 0) is 48.5 Å². The van der Waals surface area contributed by atoms with Crippen LogP contribution >= 0.6 is 11.8 Å². The van der Waals surface area contributed by atoms with Gasteiger partial charge in [0.05, 0.1) is 37.4 Å². The van der Waals surface area contributed by atoms with Crippen LogP contribution in [0.3, 0.4) is 0 Å². The highest BCUT2D eigenvalue weighted by Crippen LogP contribution is 2.39. The lowest BCUT2D eigenvalue weighted by Gasteiger charge is -2.13. The fraction of sp³-hybridized carbons (Fsp3) is 0.0323. The molecule has 0 fully saturated rings. The second kappa shape index (κ2) is 17.5. The summed E-state index contributed by atoms with van der Waals surface area (Å²) < 4.78 is 90.0. The molecule has 1 heterocycles. The molecule has 0 spiro atoms. The van der Waals surface area contributed by atoms with E-state index in [0.29, 0.717) is 17.8 Å². The number of nitrogens with one attached hydrogen (secondary N) is 3. The average molecular weight is 860 g/mol. The Morgan fingerprint density at radius 2 is 1.46 bits per heavy atom. The number of benzene rings is 4. The number of thiol groups is 1. The maximum absolute atomic E-state index is 12.3. The quantitative estimate of drug-likeness (QED) is 0.0105. The number of amidine groups is 1. The van der Waals surface area contributed by atoms with Crippen LogP contribution in [0.5, 0.6) is 5.75 Å². The second-order valence-electron chi connectivity index (χ2n) is 10.9. The van der Waals surface area contributed by atoms with Crippen molar-refractivity contribution in [3.05, 3.63) is 96.1 Å². The Kier molecular flexibility index (Phi) is 12.7. The SMILES string of the molecule is O=C(O)CSc1nc(Nc2cccc([SH](=O)=O)c2)nc(Nc2cc(S(=O)(=O)O)cc(/N=N/C(=N\Nc3ccc(S(=O)(=O)O)cc3C(=O)O)c3ccccc3)c2O)n1. The molecular weight excluding hydrogens is 835 g/mol. The number of rotatable bonds is 15. The van der Waals surface area contributed by atoms with Gasteiger partial charge in [-0.15, -0.1) is 10.2 Å². The molecule has 22 nitrogen and oxygen atoms in total. The number of nitrogens with zero attached hydrogens (tertiary/aromatic N) is 6. The summed E-state index contributed by atoms with van der Waals surface area (Å²) >= 11 is 0.657. The summed E-state index contributed by atoms with van der Waals surface area (Å²) in [6.45, 7) is 0. The molecule has 296 valence electrons. The third-order valence-corrected chi connectivity index (χ3v) is 10.2.